The molecule has 0 saturated carbocycles. The van der Waals surface area contributed by atoms with Gasteiger partial charge < -0.3 is 15.7 Å². The van der Waals surface area contributed by atoms with Crippen molar-refractivity contribution in [3.05, 3.63) is 5.82 Å². The molecule has 2 atom stereocenters. The van der Waals surface area contributed by atoms with Crippen LogP contribution in [0.2, 0.25) is 0 Å². The summed E-state index contributed by atoms with van der Waals surface area (Å²) >= 11 is 0. The first-order valence-corrected chi connectivity index (χ1v) is 5.93. The first-order chi connectivity index (χ1) is 8.90. The van der Waals surface area contributed by atoms with Gasteiger partial charge in [0.1, 0.15) is 6.04 Å². The zero-order valence-electron chi connectivity index (χ0n) is 11.0. The largest absolute Gasteiger partial charge is 0.480 e. The second-order valence-electron chi connectivity index (χ2n) is 4.63. The maximum atomic E-state index is 11.7. The highest BCUT2D eigenvalue weighted by Crippen LogP contribution is 2.06. The number of rotatable bonds is 6. The van der Waals surface area contributed by atoms with E-state index in [4.69, 9.17) is 5.11 Å². The van der Waals surface area contributed by atoms with E-state index in [1.54, 1.807) is 6.92 Å². The Bertz CT molecular complexity index is 419. The molecular formula is C10H18N6O3. The lowest BCUT2D eigenvalue weighted by Crippen LogP contribution is -2.47. The van der Waals surface area contributed by atoms with Crippen molar-refractivity contribution in [1.29, 1.82) is 0 Å². The number of nitrogens with zero attached hydrogens (tertiary/aromatic N) is 3. The predicted octanol–water partition coefficient (Wildman–Crippen LogP) is 0.0592. The summed E-state index contributed by atoms with van der Waals surface area (Å²) in [5, 5.41) is 27.1. The second-order valence-corrected chi connectivity index (χ2v) is 4.63. The molecule has 0 spiro atoms. The number of aliphatic carboxylic acids is 1. The quantitative estimate of drug-likeness (QED) is 0.577. The molecule has 0 bridgehead atoms. The third-order valence-corrected chi connectivity index (χ3v) is 2.41. The highest BCUT2D eigenvalue weighted by molar-refractivity contribution is 5.82. The summed E-state index contributed by atoms with van der Waals surface area (Å²) in [6.07, 6.45) is 0.360. The Morgan fingerprint density at radius 3 is 2.47 bits per heavy atom. The van der Waals surface area contributed by atoms with Crippen LogP contribution >= 0.6 is 0 Å². The van der Waals surface area contributed by atoms with Crippen LogP contribution in [0.1, 0.15) is 39.1 Å². The summed E-state index contributed by atoms with van der Waals surface area (Å²) in [4.78, 5) is 22.7. The number of carboxylic acids is 1. The number of carbonyl (C=O) groups is 2. The van der Waals surface area contributed by atoms with E-state index in [0.29, 0.717) is 12.2 Å². The maximum Gasteiger partial charge on any atom is 0.326 e. The summed E-state index contributed by atoms with van der Waals surface area (Å²) in [5.74, 6) is -0.571. The lowest BCUT2D eigenvalue weighted by Gasteiger charge is -2.18. The lowest BCUT2D eigenvalue weighted by atomic mass is 10.0. The van der Waals surface area contributed by atoms with Crippen molar-refractivity contribution in [2.24, 2.45) is 5.92 Å². The molecular weight excluding hydrogens is 252 g/mol. The van der Waals surface area contributed by atoms with E-state index in [9.17, 15) is 9.59 Å². The molecule has 19 heavy (non-hydrogen) atoms. The number of amides is 2. The summed E-state index contributed by atoms with van der Waals surface area (Å²) in [6, 6.07) is -1.96. The minimum atomic E-state index is -1.06. The fourth-order valence-electron chi connectivity index (χ4n) is 1.51. The van der Waals surface area contributed by atoms with Gasteiger partial charge in [-0.05, 0) is 19.3 Å². The fourth-order valence-corrected chi connectivity index (χ4v) is 1.51. The van der Waals surface area contributed by atoms with Crippen molar-refractivity contribution in [2.75, 3.05) is 0 Å². The van der Waals surface area contributed by atoms with Crippen molar-refractivity contribution >= 4 is 12.0 Å². The summed E-state index contributed by atoms with van der Waals surface area (Å²) in [6.45, 7) is 5.44. The van der Waals surface area contributed by atoms with E-state index < -0.39 is 24.1 Å². The number of tetrazole rings is 1. The zero-order valence-corrected chi connectivity index (χ0v) is 11.0. The molecule has 1 aromatic rings. The van der Waals surface area contributed by atoms with Gasteiger partial charge in [-0.15, -0.1) is 10.2 Å². The first kappa shape index (κ1) is 14.9. The Morgan fingerprint density at radius 2 is 2.00 bits per heavy atom. The molecule has 0 saturated heterocycles. The Balaban J connectivity index is 2.51. The smallest absolute Gasteiger partial charge is 0.326 e. The topological polar surface area (TPSA) is 133 Å². The van der Waals surface area contributed by atoms with Crippen LogP contribution in [-0.2, 0) is 4.79 Å². The number of H-pyrrole nitrogens is 1. The van der Waals surface area contributed by atoms with Crippen LogP contribution in [0.15, 0.2) is 0 Å². The molecule has 9 nitrogen and oxygen atoms in total. The number of carboxylic acid groups (broad SMARTS) is 1. The Kier molecular flexibility index (Phi) is 5.22. The van der Waals surface area contributed by atoms with Crippen LogP contribution in [-0.4, -0.2) is 43.8 Å². The average Bonchev–Trinajstić information content (AvgIpc) is 2.80. The normalized spacial score (nSPS) is 13.9. The molecule has 2 amide bonds. The van der Waals surface area contributed by atoms with Gasteiger partial charge in [-0.3, -0.25) is 0 Å². The van der Waals surface area contributed by atoms with Gasteiger partial charge in [0.15, 0.2) is 5.82 Å². The zero-order chi connectivity index (χ0) is 14.4. The van der Waals surface area contributed by atoms with Crippen molar-refractivity contribution in [3.8, 4) is 0 Å². The molecule has 1 heterocycles. The van der Waals surface area contributed by atoms with Crippen LogP contribution in [0.4, 0.5) is 4.79 Å². The number of urea groups is 1. The van der Waals surface area contributed by atoms with Crippen LogP contribution in [0.25, 0.3) is 0 Å². The summed E-state index contributed by atoms with van der Waals surface area (Å²) in [5.41, 5.74) is 0. The summed E-state index contributed by atoms with van der Waals surface area (Å²) in [7, 11) is 0. The van der Waals surface area contributed by atoms with Gasteiger partial charge in [0, 0.05) is 0 Å². The third-order valence-electron chi connectivity index (χ3n) is 2.41. The van der Waals surface area contributed by atoms with Gasteiger partial charge in [-0.25, -0.2) is 9.59 Å². The molecule has 0 aliphatic rings. The number of aromatic nitrogens is 4. The van der Waals surface area contributed by atoms with Gasteiger partial charge >= 0.3 is 12.0 Å². The average molecular weight is 270 g/mol. The Morgan fingerprint density at radius 1 is 1.32 bits per heavy atom. The number of carbonyl (C=O) groups excluding carboxylic acids is 1. The Hall–Kier alpha value is -2.19. The molecule has 0 aliphatic carbocycles. The van der Waals surface area contributed by atoms with Crippen molar-refractivity contribution in [2.45, 2.75) is 39.3 Å². The molecule has 106 valence electrons. The maximum absolute atomic E-state index is 11.7. The van der Waals surface area contributed by atoms with Gasteiger partial charge in [0.2, 0.25) is 0 Å². The van der Waals surface area contributed by atoms with E-state index >= 15 is 0 Å². The third kappa shape index (κ3) is 4.90. The van der Waals surface area contributed by atoms with Gasteiger partial charge in [0.25, 0.3) is 0 Å². The van der Waals surface area contributed by atoms with E-state index in [1.807, 2.05) is 13.8 Å². The number of nitrogens with one attached hydrogen (secondary N) is 3. The molecule has 0 fully saturated rings. The van der Waals surface area contributed by atoms with Crippen molar-refractivity contribution in [3.63, 3.8) is 0 Å². The number of aromatic amines is 1. The Labute approximate surface area is 110 Å². The van der Waals surface area contributed by atoms with E-state index in [1.165, 1.54) is 0 Å². The van der Waals surface area contributed by atoms with E-state index in [0.717, 1.165) is 0 Å². The molecule has 1 aromatic heterocycles. The van der Waals surface area contributed by atoms with Crippen LogP contribution in [0.5, 0.6) is 0 Å². The molecule has 9 heteroatoms. The monoisotopic (exact) mass is 270 g/mol. The second kappa shape index (κ2) is 6.66. The SMILES string of the molecule is CC(C)C[C@@H](NC(=O)NC(C)c1nn[nH]n1)C(=O)O. The van der Waals surface area contributed by atoms with Crippen molar-refractivity contribution in [1.82, 2.24) is 31.3 Å². The van der Waals surface area contributed by atoms with E-state index in [2.05, 4.69) is 31.3 Å². The van der Waals surface area contributed by atoms with Crippen molar-refractivity contribution < 1.29 is 14.7 Å². The van der Waals surface area contributed by atoms with Crippen LogP contribution in [0.3, 0.4) is 0 Å². The minimum Gasteiger partial charge on any atom is -0.480 e. The van der Waals surface area contributed by atoms with Crippen LogP contribution < -0.4 is 10.6 Å². The molecule has 4 N–H and O–H groups in total. The molecule has 1 rings (SSSR count). The van der Waals surface area contributed by atoms with Gasteiger partial charge in [-0.2, -0.15) is 5.21 Å². The number of hydrogen-bond acceptors (Lipinski definition) is 5. The van der Waals surface area contributed by atoms with Crippen LogP contribution in [0, 0.1) is 5.92 Å². The summed E-state index contributed by atoms with van der Waals surface area (Å²) < 4.78 is 0. The highest BCUT2D eigenvalue weighted by atomic mass is 16.4. The molecule has 1 unspecified atom stereocenters. The fraction of sp³-hybridized carbons (Fsp3) is 0.700. The molecule has 0 radical (unpaired) electrons. The van der Waals surface area contributed by atoms with Gasteiger partial charge in [-0.1, -0.05) is 19.1 Å². The minimum absolute atomic E-state index is 0.163. The standard InChI is InChI=1S/C10H18N6O3/c1-5(2)4-7(9(17)18)12-10(19)11-6(3)8-13-15-16-14-8/h5-7H,4H2,1-3H3,(H,17,18)(H2,11,12,19)(H,13,14,15,16)/t6?,7-/m1/s1. The molecule has 0 aliphatic heterocycles. The highest BCUT2D eigenvalue weighted by Gasteiger charge is 2.22. The van der Waals surface area contributed by atoms with E-state index in [-0.39, 0.29) is 5.92 Å². The van der Waals surface area contributed by atoms with Gasteiger partial charge in [0.05, 0.1) is 6.04 Å². The lowest BCUT2D eigenvalue weighted by molar-refractivity contribution is -0.139. The molecule has 0 aromatic carbocycles. The number of hydrogen-bond donors (Lipinski definition) is 4. The first-order valence-electron chi connectivity index (χ1n) is 5.93. The predicted molar refractivity (Wildman–Crippen MR) is 65.1 cm³/mol.